The van der Waals surface area contributed by atoms with Crippen LogP contribution in [0.5, 0.6) is 0 Å². The number of alkyl halides is 11. The molecular weight excluding hydrogens is 1670 g/mol. The van der Waals surface area contributed by atoms with Crippen LogP contribution in [0.1, 0.15) is 0 Å². The lowest BCUT2D eigenvalue weighted by molar-refractivity contribution is -0.130. The lowest BCUT2D eigenvalue weighted by Gasteiger charge is -2.35. The predicted octanol–water partition coefficient (Wildman–Crippen LogP) is 9.27. The van der Waals surface area contributed by atoms with Crippen LogP contribution in [0.2, 0.25) is 0 Å². The molecule has 14 heteroatoms. The van der Waals surface area contributed by atoms with Gasteiger partial charge in [-0.2, -0.15) is 0 Å². The van der Waals surface area contributed by atoms with Gasteiger partial charge < -0.3 is 3.07 Å². The number of carbonyl (C=O) groups excluding carboxylic acids is 1. The number of carbonyl (C=O) groups is 1. The highest BCUT2D eigenvalue weighted by Gasteiger charge is 2.48. The molecule has 7 atom stereocenters. The quantitative estimate of drug-likeness (QED) is 0.170. The molecule has 0 radical (unpaired) electrons. The van der Waals surface area contributed by atoms with Crippen LogP contribution in [0.25, 0.3) is 0 Å². The van der Waals surface area contributed by atoms with E-state index in [0.29, 0.717) is 25.5 Å². The van der Waals surface area contributed by atoms with Gasteiger partial charge >= 0.3 is 5.97 Å². The summed E-state index contributed by atoms with van der Waals surface area (Å²) in [7, 11) is 0. The zero-order chi connectivity index (χ0) is 19.4. The highest BCUT2D eigenvalue weighted by atomic mass is 127. The van der Waals surface area contributed by atoms with E-state index in [-0.39, 0.29) is 9.89 Å². The molecule has 0 fully saturated rings. The minimum Gasteiger partial charge on any atom is -0.393 e. The maximum absolute atomic E-state index is 12.1. The molecule has 0 heterocycles. The van der Waals surface area contributed by atoms with Crippen LogP contribution in [0.4, 0.5) is 0 Å². The van der Waals surface area contributed by atoms with E-state index in [1.807, 2.05) is 0 Å². The third-order valence-electron chi connectivity index (χ3n) is 2.73. The van der Waals surface area contributed by atoms with Gasteiger partial charge in [0.1, 0.15) is 0 Å². The highest BCUT2D eigenvalue weighted by molar-refractivity contribution is 14.2. The van der Waals surface area contributed by atoms with Crippen LogP contribution < -0.4 is 0 Å². The van der Waals surface area contributed by atoms with Crippen LogP contribution in [-0.4, -0.2) is 36.8 Å². The van der Waals surface area contributed by atoms with Gasteiger partial charge in [-0.05, 0) is 0 Å². The fourth-order valence-corrected chi connectivity index (χ4v) is 17.0. The van der Waals surface area contributed by atoms with Crippen molar-refractivity contribution in [2.75, 3.05) is 0 Å². The van der Waals surface area contributed by atoms with Gasteiger partial charge in [0, 0.05) is 23.5 Å². The molecule has 0 aliphatic carbocycles. The Balaban J connectivity index is 5.12. The van der Waals surface area contributed by atoms with E-state index in [1.165, 1.54) is 0 Å². The normalized spacial score (nSPS) is 21.5. The van der Waals surface area contributed by atoms with Gasteiger partial charge in [-0.15, -0.1) is 0 Å². The zero-order valence-corrected chi connectivity index (χ0v) is 36.9. The number of halogens is 12. The van der Waals surface area contributed by atoms with Crippen molar-refractivity contribution < 1.29 is 7.86 Å². The molecular formula is C10H8I12O2. The van der Waals surface area contributed by atoms with Gasteiger partial charge in [-0.1, -0.05) is 248 Å². The first kappa shape index (κ1) is 32.2. The van der Waals surface area contributed by atoms with E-state index >= 15 is 0 Å². The van der Waals surface area contributed by atoms with Crippen molar-refractivity contribution in [2.45, 2.75) is 30.8 Å². The third kappa shape index (κ3) is 10.2. The minimum absolute atomic E-state index is 0.165. The molecule has 0 rings (SSSR count). The number of rotatable bonds is 9. The summed E-state index contributed by atoms with van der Waals surface area (Å²) in [5.74, 6) is -0.165. The van der Waals surface area contributed by atoms with E-state index in [9.17, 15) is 4.79 Å². The molecule has 7 unspecified atom stereocenters. The molecule has 0 saturated heterocycles. The fraction of sp³-hybridized carbons (Fsp3) is 0.900. The highest BCUT2D eigenvalue weighted by Crippen LogP contribution is 2.46. The Bertz CT molecular complexity index is 407. The van der Waals surface area contributed by atoms with E-state index < -0.39 is 1.43 Å². The summed E-state index contributed by atoms with van der Waals surface area (Å²) in [6, 6.07) is 0. The van der Waals surface area contributed by atoms with E-state index in [1.54, 1.807) is 23.0 Å². The van der Waals surface area contributed by atoms with Crippen molar-refractivity contribution in [3.05, 3.63) is 0 Å². The standard InChI is InChI=1S/C10H8I12O2/c11-1(2(12)4(14)6(16)8(18)19)3(13)5(15)7(17)10(20,21)9(23)24-22/h1-8H. The summed E-state index contributed by atoms with van der Waals surface area (Å²) < 4.78 is 8.44. The van der Waals surface area contributed by atoms with E-state index in [0.717, 1.165) is 0 Å². The number of hydrogen-bond acceptors (Lipinski definition) is 2. The van der Waals surface area contributed by atoms with Crippen molar-refractivity contribution in [2.24, 2.45) is 0 Å². The second-order valence-corrected chi connectivity index (χ2v) is 25.3. The van der Waals surface area contributed by atoms with Crippen molar-refractivity contribution in [3.8, 4) is 0 Å². The second kappa shape index (κ2) is 16.0. The molecule has 0 saturated carbocycles. The maximum Gasteiger partial charge on any atom is 0.342 e. The van der Waals surface area contributed by atoms with Crippen molar-refractivity contribution >= 4 is 277 Å². The molecule has 0 aliphatic heterocycles. The first-order valence-electron chi connectivity index (χ1n) is 5.78. The monoisotopic (exact) mass is 1680 g/mol. The fourth-order valence-electron chi connectivity index (χ4n) is 1.37. The molecule has 0 aromatic carbocycles. The molecule has 0 amide bonds. The Morgan fingerprint density at radius 3 is 1.33 bits per heavy atom. The maximum atomic E-state index is 12.1. The molecule has 0 aromatic rings. The second-order valence-electron chi connectivity index (χ2n) is 4.39. The SMILES string of the molecule is O=C(OI)C(I)(I)C(I)C(I)C(I)C(I)C(I)C(I)C(I)C(I)I. The van der Waals surface area contributed by atoms with Crippen molar-refractivity contribution in [1.29, 1.82) is 0 Å². The van der Waals surface area contributed by atoms with Crippen LogP contribution in [-0.2, 0) is 7.86 Å². The molecule has 0 bridgehead atoms. The Hall–Kier alpha value is 8.23. The lowest BCUT2D eigenvalue weighted by atomic mass is 10.1. The molecule has 24 heavy (non-hydrogen) atoms. The number of hydrogen-bond donors (Lipinski definition) is 0. The molecule has 0 N–H and O–H groups in total. The van der Waals surface area contributed by atoms with Crippen LogP contribution >= 0.6 is 272 Å². The van der Waals surface area contributed by atoms with E-state index in [2.05, 4.69) is 248 Å². The topological polar surface area (TPSA) is 26.3 Å². The van der Waals surface area contributed by atoms with Gasteiger partial charge in [-0.3, -0.25) is 0 Å². The molecule has 0 spiro atoms. The van der Waals surface area contributed by atoms with Crippen LogP contribution in [0.3, 0.4) is 0 Å². The van der Waals surface area contributed by atoms with Crippen molar-refractivity contribution in [3.63, 3.8) is 0 Å². The first-order valence-corrected chi connectivity index (χ1v) is 20.0. The molecule has 0 aromatic heterocycles. The minimum atomic E-state index is -0.547. The van der Waals surface area contributed by atoms with Crippen LogP contribution in [0, 0.1) is 0 Å². The van der Waals surface area contributed by atoms with Gasteiger partial charge in [0.05, 0.1) is 5.86 Å². The lowest BCUT2D eigenvalue weighted by Crippen LogP contribution is -2.47. The average molecular weight is 1680 g/mol. The Morgan fingerprint density at radius 2 is 1.00 bits per heavy atom. The van der Waals surface area contributed by atoms with Gasteiger partial charge in [0.25, 0.3) is 0 Å². The smallest absolute Gasteiger partial charge is 0.342 e. The largest absolute Gasteiger partial charge is 0.393 e. The van der Waals surface area contributed by atoms with Gasteiger partial charge in [-0.25, -0.2) is 4.79 Å². The summed E-state index contributed by atoms with van der Waals surface area (Å²) in [4.78, 5) is 12.1. The third-order valence-corrected chi connectivity index (χ3v) is 31.2. The van der Waals surface area contributed by atoms with Gasteiger partial charge in [0.15, 0.2) is 24.4 Å². The molecule has 2 nitrogen and oxygen atoms in total. The van der Waals surface area contributed by atoms with E-state index in [4.69, 9.17) is 3.07 Å². The molecule has 0 aliphatic rings. The van der Waals surface area contributed by atoms with Crippen LogP contribution in [0.15, 0.2) is 0 Å². The molecule has 144 valence electrons. The van der Waals surface area contributed by atoms with Gasteiger partial charge in [0.2, 0.25) is 0 Å². The zero-order valence-electron chi connectivity index (χ0n) is 11.0. The first-order chi connectivity index (χ1) is 10.8. The predicted molar refractivity (Wildman–Crippen MR) is 207 cm³/mol. The average Bonchev–Trinajstić information content (AvgIpc) is 2.55. The Labute approximate surface area is 307 Å². The summed E-state index contributed by atoms with van der Waals surface area (Å²) in [6.45, 7) is 0. The van der Waals surface area contributed by atoms with Crippen molar-refractivity contribution in [1.82, 2.24) is 0 Å². The Morgan fingerprint density at radius 1 is 0.667 bits per heavy atom. The summed E-state index contributed by atoms with van der Waals surface area (Å²) in [5.41, 5.74) is 0. The summed E-state index contributed by atoms with van der Waals surface area (Å²) in [6.07, 6.45) is 0. The summed E-state index contributed by atoms with van der Waals surface area (Å²) >= 11 is 29.1. The Kier molecular flexibility index (Phi) is 21.5. The summed E-state index contributed by atoms with van der Waals surface area (Å²) in [5, 5.41) is 0.